The van der Waals surface area contributed by atoms with Crippen LogP contribution in [0, 0.1) is 11.8 Å². The average Bonchev–Trinajstić information content (AvgIpc) is 2.49. The molecule has 2 fully saturated rings. The Hall–Kier alpha value is -0.910. The van der Waals surface area contributed by atoms with Crippen LogP contribution in [0.15, 0.2) is 5.10 Å². The second-order valence-electron chi connectivity index (χ2n) is 7.17. The standard InChI is InChI=1S/C16H26N2O3S/c1-12-2-4-13(5-3-12)15-6-7-16(19)18(17-15)14-8-10-22(20,21)11-9-14/h12-14H,2-11H2,1H3. The van der Waals surface area contributed by atoms with Gasteiger partial charge in [-0.3, -0.25) is 4.79 Å². The number of sulfone groups is 1. The predicted molar refractivity (Wildman–Crippen MR) is 86.3 cm³/mol. The molecule has 0 aromatic carbocycles. The monoisotopic (exact) mass is 326 g/mol. The van der Waals surface area contributed by atoms with E-state index >= 15 is 0 Å². The number of carbonyl (C=O) groups excluding carboxylic acids is 1. The van der Waals surface area contributed by atoms with Crippen LogP contribution in [0.4, 0.5) is 0 Å². The van der Waals surface area contributed by atoms with Gasteiger partial charge in [0.1, 0.15) is 9.84 Å². The van der Waals surface area contributed by atoms with Crippen molar-refractivity contribution < 1.29 is 13.2 Å². The molecule has 0 aromatic rings. The molecular formula is C16H26N2O3S. The highest BCUT2D eigenvalue weighted by Crippen LogP contribution is 2.32. The molecule has 1 aliphatic carbocycles. The Balaban J connectivity index is 1.70. The van der Waals surface area contributed by atoms with Crippen LogP contribution in [0.5, 0.6) is 0 Å². The molecule has 1 amide bonds. The van der Waals surface area contributed by atoms with Crippen LogP contribution in [0.1, 0.15) is 58.3 Å². The lowest BCUT2D eigenvalue weighted by Gasteiger charge is -2.36. The first-order chi connectivity index (χ1) is 10.4. The molecule has 22 heavy (non-hydrogen) atoms. The molecular weight excluding hydrogens is 300 g/mol. The van der Waals surface area contributed by atoms with E-state index in [-0.39, 0.29) is 23.5 Å². The first kappa shape index (κ1) is 16.0. The lowest BCUT2D eigenvalue weighted by atomic mass is 9.79. The Labute approximate surface area is 133 Å². The Bertz CT molecular complexity index is 548. The van der Waals surface area contributed by atoms with Crippen molar-refractivity contribution in [2.75, 3.05) is 11.5 Å². The molecule has 5 nitrogen and oxygen atoms in total. The molecule has 6 heteroatoms. The smallest absolute Gasteiger partial charge is 0.243 e. The summed E-state index contributed by atoms with van der Waals surface area (Å²) in [5.74, 6) is 1.78. The van der Waals surface area contributed by atoms with E-state index in [1.807, 2.05) is 0 Å². The van der Waals surface area contributed by atoms with E-state index in [1.54, 1.807) is 5.01 Å². The Morgan fingerprint density at radius 1 is 1.00 bits per heavy atom. The van der Waals surface area contributed by atoms with Gasteiger partial charge in [0.15, 0.2) is 0 Å². The number of hydrogen-bond donors (Lipinski definition) is 0. The lowest BCUT2D eigenvalue weighted by molar-refractivity contribution is -0.134. The van der Waals surface area contributed by atoms with Crippen LogP contribution in [-0.4, -0.2) is 42.6 Å². The minimum atomic E-state index is -2.90. The molecule has 3 rings (SSSR count). The number of hydrazone groups is 1. The molecule has 2 aliphatic heterocycles. The van der Waals surface area contributed by atoms with E-state index in [0.29, 0.717) is 25.2 Å². The molecule has 124 valence electrons. The van der Waals surface area contributed by atoms with Crippen molar-refractivity contribution >= 4 is 21.5 Å². The van der Waals surface area contributed by atoms with Gasteiger partial charge in [0, 0.05) is 12.1 Å². The average molecular weight is 326 g/mol. The van der Waals surface area contributed by atoms with Gasteiger partial charge in [-0.2, -0.15) is 5.10 Å². The largest absolute Gasteiger partial charge is 0.273 e. The van der Waals surface area contributed by atoms with Gasteiger partial charge in [0.2, 0.25) is 5.91 Å². The van der Waals surface area contributed by atoms with Crippen LogP contribution in [0.25, 0.3) is 0 Å². The Morgan fingerprint density at radius 2 is 1.64 bits per heavy atom. The molecule has 0 N–H and O–H groups in total. The third-order valence-electron chi connectivity index (χ3n) is 5.44. The summed E-state index contributed by atoms with van der Waals surface area (Å²) in [7, 11) is -2.90. The number of carbonyl (C=O) groups is 1. The molecule has 0 unspecified atom stereocenters. The van der Waals surface area contributed by atoms with Crippen molar-refractivity contribution in [2.24, 2.45) is 16.9 Å². The lowest BCUT2D eigenvalue weighted by Crippen LogP contribution is -2.45. The highest BCUT2D eigenvalue weighted by Gasteiger charge is 2.34. The van der Waals surface area contributed by atoms with Crippen molar-refractivity contribution in [3.63, 3.8) is 0 Å². The van der Waals surface area contributed by atoms with Crippen LogP contribution >= 0.6 is 0 Å². The summed E-state index contributed by atoms with van der Waals surface area (Å²) >= 11 is 0. The van der Waals surface area contributed by atoms with Crippen molar-refractivity contribution in [1.29, 1.82) is 0 Å². The first-order valence-electron chi connectivity index (χ1n) is 8.54. The van der Waals surface area contributed by atoms with E-state index in [9.17, 15) is 13.2 Å². The van der Waals surface area contributed by atoms with Gasteiger partial charge in [-0.15, -0.1) is 0 Å². The van der Waals surface area contributed by atoms with Gasteiger partial charge in [0.05, 0.1) is 17.5 Å². The second kappa shape index (κ2) is 6.30. The molecule has 0 atom stereocenters. The molecule has 0 aromatic heterocycles. The normalized spacial score (nSPS) is 33.6. The zero-order valence-electron chi connectivity index (χ0n) is 13.3. The molecule has 1 saturated heterocycles. The quantitative estimate of drug-likeness (QED) is 0.782. The van der Waals surface area contributed by atoms with Gasteiger partial charge in [-0.1, -0.05) is 19.8 Å². The molecule has 0 bridgehead atoms. The van der Waals surface area contributed by atoms with Gasteiger partial charge >= 0.3 is 0 Å². The zero-order valence-corrected chi connectivity index (χ0v) is 14.1. The van der Waals surface area contributed by atoms with Gasteiger partial charge in [-0.05, 0) is 43.9 Å². The fraction of sp³-hybridized carbons (Fsp3) is 0.875. The Kier molecular flexibility index (Phi) is 4.57. The van der Waals surface area contributed by atoms with Crippen LogP contribution in [-0.2, 0) is 14.6 Å². The van der Waals surface area contributed by atoms with E-state index in [0.717, 1.165) is 12.3 Å². The highest BCUT2D eigenvalue weighted by atomic mass is 32.2. The van der Waals surface area contributed by atoms with Crippen LogP contribution in [0.2, 0.25) is 0 Å². The maximum Gasteiger partial charge on any atom is 0.243 e. The number of rotatable bonds is 2. The summed E-state index contributed by atoms with van der Waals surface area (Å²) in [4.78, 5) is 12.2. The van der Waals surface area contributed by atoms with Crippen LogP contribution in [0.3, 0.4) is 0 Å². The maximum atomic E-state index is 12.2. The summed E-state index contributed by atoms with van der Waals surface area (Å²) in [6.07, 6.45) is 7.26. The predicted octanol–water partition coefficient (Wildman–Crippen LogP) is 2.37. The SMILES string of the molecule is CC1CCC(C2=NN(C3CCS(=O)(=O)CC3)C(=O)CC2)CC1. The molecule has 3 aliphatic rings. The van der Waals surface area contributed by atoms with Crippen molar-refractivity contribution in [2.45, 2.75) is 64.3 Å². The molecule has 1 saturated carbocycles. The molecule has 0 radical (unpaired) electrons. The minimum Gasteiger partial charge on any atom is -0.273 e. The second-order valence-corrected chi connectivity index (χ2v) is 9.47. The van der Waals surface area contributed by atoms with Crippen molar-refractivity contribution in [3.05, 3.63) is 0 Å². The Morgan fingerprint density at radius 3 is 2.27 bits per heavy atom. The summed E-state index contributed by atoms with van der Waals surface area (Å²) in [5, 5.41) is 6.32. The van der Waals surface area contributed by atoms with Gasteiger partial charge in [0.25, 0.3) is 0 Å². The number of amides is 1. The van der Waals surface area contributed by atoms with E-state index in [1.165, 1.54) is 31.4 Å². The van der Waals surface area contributed by atoms with Crippen LogP contribution < -0.4 is 0 Å². The van der Waals surface area contributed by atoms with E-state index in [4.69, 9.17) is 0 Å². The number of hydrogen-bond acceptors (Lipinski definition) is 4. The topological polar surface area (TPSA) is 66.8 Å². The number of nitrogens with zero attached hydrogens (tertiary/aromatic N) is 2. The highest BCUT2D eigenvalue weighted by molar-refractivity contribution is 7.91. The van der Waals surface area contributed by atoms with E-state index < -0.39 is 9.84 Å². The molecule has 2 heterocycles. The fourth-order valence-electron chi connectivity index (χ4n) is 3.88. The van der Waals surface area contributed by atoms with Crippen molar-refractivity contribution in [1.82, 2.24) is 5.01 Å². The summed E-state index contributed by atoms with van der Waals surface area (Å²) in [6, 6.07) is -0.0196. The third-order valence-corrected chi connectivity index (χ3v) is 7.16. The summed E-state index contributed by atoms with van der Waals surface area (Å²) < 4.78 is 23.1. The summed E-state index contributed by atoms with van der Waals surface area (Å²) in [5.41, 5.74) is 1.18. The summed E-state index contributed by atoms with van der Waals surface area (Å²) in [6.45, 7) is 2.30. The minimum absolute atomic E-state index is 0.0196. The molecule has 0 spiro atoms. The van der Waals surface area contributed by atoms with Gasteiger partial charge < -0.3 is 0 Å². The first-order valence-corrected chi connectivity index (χ1v) is 10.4. The maximum absolute atomic E-state index is 12.2. The van der Waals surface area contributed by atoms with E-state index in [2.05, 4.69) is 12.0 Å². The third kappa shape index (κ3) is 3.53. The van der Waals surface area contributed by atoms with Gasteiger partial charge in [-0.25, -0.2) is 13.4 Å². The zero-order chi connectivity index (χ0) is 15.7. The van der Waals surface area contributed by atoms with Crippen molar-refractivity contribution in [3.8, 4) is 0 Å². The fourth-order valence-corrected chi connectivity index (χ4v) is 5.35.